The standard InChI is InChI=1S/C24H20Br2F4N6O2/c1-12-14-3-2-4-18(20(14)22(38)36(12)8-7-27)33-21-15(24(28,29)30)11-31-23(35-21)34-17-6-5-13(9-16(17)26)32-19(37)10-25/h2-6,9,11-12H,7-8,10H2,1H3,(H,32,37)(H2,31,33,34,35). The zero-order valence-electron chi connectivity index (χ0n) is 19.7. The van der Waals surface area contributed by atoms with E-state index in [-0.39, 0.29) is 35.0 Å². The third-order valence-corrected chi connectivity index (χ3v) is 6.95. The summed E-state index contributed by atoms with van der Waals surface area (Å²) in [6, 6.07) is 9.11. The van der Waals surface area contributed by atoms with Crippen LogP contribution in [0.25, 0.3) is 0 Å². The minimum atomic E-state index is -4.79. The fourth-order valence-corrected chi connectivity index (χ4v) is 4.63. The first-order chi connectivity index (χ1) is 18.0. The summed E-state index contributed by atoms with van der Waals surface area (Å²) in [5, 5.41) is 8.28. The van der Waals surface area contributed by atoms with Crippen LogP contribution in [0.3, 0.4) is 0 Å². The molecule has 1 aliphatic rings. The Morgan fingerprint density at radius 1 is 1.16 bits per heavy atom. The Morgan fingerprint density at radius 3 is 2.58 bits per heavy atom. The Bertz CT molecular complexity index is 1390. The first kappa shape index (κ1) is 27.8. The average molecular weight is 660 g/mol. The largest absolute Gasteiger partial charge is 0.421 e. The normalized spacial score (nSPS) is 14.9. The van der Waals surface area contributed by atoms with Crippen molar-refractivity contribution in [3.8, 4) is 0 Å². The van der Waals surface area contributed by atoms with E-state index < -0.39 is 36.2 Å². The number of carbonyl (C=O) groups is 2. The summed E-state index contributed by atoms with van der Waals surface area (Å²) in [6.07, 6.45) is -4.15. The fourth-order valence-electron chi connectivity index (χ4n) is 4.02. The number of anilines is 5. The van der Waals surface area contributed by atoms with Crippen molar-refractivity contribution in [3.05, 3.63) is 63.8 Å². The van der Waals surface area contributed by atoms with Gasteiger partial charge in [-0.05, 0) is 52.7 Å². The maximum Gasteiger partial charge on any atom is 0.421 e. The second-order valence-electron chi connectivity index (χ2n) is 8.21. The molecule has 3 N–H and O–H groups in total. The number of rotatable bonds is 8. The third-order valence-electron chi connectivity index (χ3n) is 5.78. The molecule has 1 aliphatic heterocycles. The summed E-state index contributed by atoms with van der Waals surface area (Å²) in [6.45, 7) is 0.855. The molecule has 0 spiro atoms. The summed E-state index contributed by atoms with van der Waals surface area (Å²) in [5.74, 6) is -1.45. The molecule has 14 heteroatoms. The smallest absolute Gasteiger partial charge is 0.339 e. The van der Waals surface area contributed by atoms with E-state index >= 15 is 0 Å². The molecule has 0 fully saturated rings. The number of benzene rings is 2. The van der Waals surface area contributed by atoms with Gasteiger partial charge in [0.1, 0.15) is 18.1 Å². The van der Waals surface area contributed by atoms with E-state index in [1.807, 2.05) is 0 Å². The van der Waals surface area contributed by atoms with Crippen LogP contribution < -0.4 is 16.0 Å². The lowest BCUT2D eigenvalue weighted by molar-refractivity contribution is -0.137. The molecule has 2 amide bonds. The highest BCUT2D eigenvalue weighted by Crippen LogP contribution is 2.40. The van der Waals surface area contributed by atoms with E-state index in [1.165, 1.54) is 11.0 Å². The minimum Gasteiger partial charge on any atom is -0.339 e. The molecule has 2 aromatic carbocycles. The molecule has 0 radical (unpaired) electrons. The maximum atomic E-state index is 13.8. The van der Waals surface area contributed by atoms with Gasteiger partial charge in [-0.15, -0.1) is 0 Å². The number of hydrogen-bond donors (Lipinski definition) is 3. The molecule has 0 saturated heterocycles. The number of hydrogen-bond acceptors (Lipinski definition) is 6. The van der Waals surface area contributed by atoms with Crippen molar-refractivity contribution in [3.63, 3.8) is 0 Å². The van der Waals surface area contributed by atoms with Gasteiger partial charge < -0.3 is 20.9 Å². The van der Waals surface area contributed by atoms with E-state index in [9.17, 15) is 27.2 Å². The summed E-state index contributed by atoms with van der Waals surface area (Å²) in [4.78, 5) is 33.7. The van der Waals surface area contributed by atoms with Gasteiger partial charge in [0.25, 0.3) is 5.91 Å². The quantitative estimate of drug-likeness (QED) is 0.187. The van der Waals surface area contributed by atoms with Gasteiger partial charge in [-0.2, -0.15) is 18.2 Å². The lowest BCUT2D eigenvalue weighted by Gasteiger charge is -2.20. The number of carbonyl (C=O) groups excluding carboxylic acids is 2. The molecule has 200 valence electrons. The van der Waals surface area contributed by atoms with Crippen molar-refractivity contribution in [1.29, 1.82) is 0 Å². The van der Waals surface area contributed by atoms with Gasteiger partial charge in [0.05, 0.1) is 28.3 Å². The summed E-state index contributed by atoms with van der Waals surface area (Å²) >= 11 is 6.41. The van der Waals surface area contributed by atoms with Crippen molar-refractivity contribution >= 4 is 72.5 Å². The molecule has 2 heterocycles. The maximum absolute atomic E-state index is 13.8. The average Bonchev–Trinajstić information content (AvgIpc) is 3.11. The number of amides is 2. The topological polar surface area (TPSA) is 99.3 Å². The molecule has 0 bridgehead atoms. The molecular formula is C24H20Br2F4N6O2. The van der Waals surface area contributed by atoms with E-state index in [4.69, 9.17) is 0 Å². The third kappa shape index (κ3) is 5.75. The Labute approximate surface area is 231 Å². The van der Waals surface area contributed by atoms with E-state index in [2.05, 4.69) is 57.8 Å². The Morgan fingerprint density at radius 2 is 1.92 bits per heavy atom. The monoisotopic (exact) mass is 658 g/mol. The van der Waals surface area contributed by atoms with E-state index in [0.717, 1.165) is 0 Å². The van der Waals surface area contributed by atoms with Crippen LogP contribution in [0.1, 0.15) is 34.5 Å². The van der Waals surface area contributed by atoms with Crippen LogP contribution in [0, 0.1) is 0 Å². The van der Waals surface area contributed by atoms with Gasteiger partial charge in [0, 0.05) is 22.9 Å². The Balaban J connectivity index is 1.67. The summed E-state index contributed by atoms with van der Waals surface area (Å²) < 4.78 is 55.0. The van der Waals surface area contributed by atoms with Gasteiger partial charge in [-0.25, -0.2) is 9.37 Å². The summed E-state index contributed by atoms with van der Waals surface area (Å²) in [7, 11) is 0. The number of halogens is 6. The first-order valence-electron chi connectivity index (χ1n) is 11.2. The van der Waals surface area contributed by atoms with Crippen LogP contribution in [-0.4, -0.2) is 45.2 Å². The molecule has 1 aromatic heterocycles. The lowest BCUT2D eigenvalue weighted by Crippen LogP contribution is -2.28. The molecule has 1 atom stereocenters. The predicted octanol–water partition coefficient (Wildman–Crippen LogP) is 6.56. The molecule has 8 nitrogen and oxygen atoms in total. The van der Waals surface area contributed by atoms with Gasteiger partial charge in [0.2, 0.25) is 11.9 Å². The molecule has 0 saturated carbocycles. The highest BCUT2D eigenvalue weighted by molar-refractivity contribution is 9.10. The van der Waals surface area contributed by atoms with Gasteiger partial charge in [-0.3, -0.25) is 9.59 Å². The van der Waals surface area contributed by atoms with Crippen molar-refractivity contribution in [1.82, 2.24) is 14.9 Å². The van der Waals surface area contributed by atoms with Crippen molar-refractivity contribution in [2.24, 2.45) is 0 Å². The van der Waals surface area contributed by atoms with Crippen LogP contribution in [0.5, 0.6) is 0 Å². The van der Waals surface area contributed by atoms with Crippen molar-refractivity contribution in [2.75, 3.05) is 34.5 Å². The van der Waals surface area contributed by atoms with Crippen LogP contribution in [-0.2, 0) is 11.0 Å². The molecule has 38 heavy (non-hydrogen) atoms. The molecule has 3 aromatic rings. The number of fused-ring (bicyclic) bond motifs is 1. The minimum absolute atomic E-state index is 0.114. The van der Waals surface area contributed by atoms with Gasteiger partial charge >= 0.3 is 6.18 Å². The Kier molecular flexibility index (Phi) is 8.21. The highest BCUT2D eigenvalue weighted by atomic mass is 79.9. The van der Waals surface area contributed by atoms with E-state index in [0.29, 0.717) is 27.6 Å². The van der Waals surface area contributed by atoms with E-state index in [1.54, 1.807) is 37.3 Å². The number of nitrogens with one attached hydrogen (secondary N) is 3. The molecule has 4 rings (SSSR count). The van der Waals surface area contributed by atoms with Gasteiger partial charge in [-0.1, -0.05) is 28.1 Å². The zero-order chi connectivity index (χ0) is 27.6. The van der Waals surface area contributed by atoms with Crippen LogP contribution >= 0.6 is 31.9 Å². The number of alkyl halides is 5. The van der Waals surface area contributed by atoms with Crippen molar-refractivity contribution in [2.45, 2.75) is 19.1 Å². The molecular weight excluding hydrogens is 640 g/mol. The lowest BCUT2D eigenvalue weighted by atomic mass is 10.0. The van der Waals surface area contributed by atoms with Crippen LogP contribution in [0.15, 0.2) is 47.1 Å². The fraction of sp³-hybridized carbons (Fsp3) is 0.250. The SMILES string of the molecule is CC1c2cccc(Nc3nc(Nc4ccc(NC(=O)CBr)cc4Br)ncc3C(F)(F)F)c2C(=O)N1CCF. The second-order valence-corrected chi connectivity index (χ2v) is 9.63. The molecule has 0 aliphatic carbocycles. The second kappa shape index (κ2) is 11.2. The van der Waals surface area contributed by atoms with Crippen LogP contribution in [0.4, 0.5) is 46.4 Å². The van der Waals surface area contributed by atoms with Gasteiger partial charge in [0.15, 0.2) is 0 Å². The first-order valence-corrected chi connectivity index (χ1v) is 13.1. The van der Waals surface area contributed by atoms with Crippen molar-refractivity contribution < 1.29 is 27.2 Å². The highest BCUT2D eigenvalue weighted by Gasteiger charge is 2.38. The molecule has 1 unspecified atom stereocenters. The zero-order valence-corrected chi connectivity index (χ0v) is 22.8. The summed E-state index contributed by atoms with van der Waals surface area (Å²) in [5.41, 5.74) is 0.653. The number of aromatic nitrogens is 2. The number of nitrogens with zero attached hydrogens (tertiary/aromatic N) is 3. The van der Waals surface area contributed by atoms with Crippen LogP contribution in [0.2, 0.25) is 0 Å². The Hall–Kier alpha value is -3.26. The predicted molar refractivity (Wildman–Crippen MR) is 142 cm³/mol.